The lowest BCUT2D eigenvalue weighted by Crippen LogP contribution is -2.23. The fourth-order valence-corrected chi connectivity index (χ4v) is 2.16. The molecule has 0 saturated heterocycles. The Hall–Kier alpha value is -2.24. The summed E-state index contributed by atoms with van der Waals surface area (Å²) in [4.78, 5) is 0. The third kappa shape index (κ3) is 3.63. The summed E-state index contributed by atoms with van der Waals surface area (Å²) in [7, 11) is 1.68. The highest BCUT2D eigenvalue weighted by molar-refractivity contribution is 5.35. The topological polar surface area (TPSA) is 21.3 Å². The Balaban J connectivity index is 2.23. The van der Waals surface area contributed by atoms with E-state index < -0.39 is 0 Å². The van der Waals surface area contributed by atoms with Crippen molar-refractivity contribution in [3.8, 4) is 18.1 Å². The molecule has 0 saturated carbocycles. The predicted molar refractivity (Wildman–Crippen MR) is 82.7 cm³/mol. The average Bonchev–Trinajstić information content (AvgIpc) is 2.53. The highest BCUT2D eigenvalue weighted by Crippen LogP contribution is 2.23. The van der Waals surface area contributed by atoms with Crippen LogP contribution >= 0.6 is 0 Å². The highest BCUT2D eigenvalue weighted by atomic mass is 16.5. The Labute approximate surface area is 120 Å². The van der Waals surface area contributed by atoms with Gasteiger partial charge < -0.3 is 10.1 Å². The summed E-state index contributed by atoms with van der Waals surface area (Å²) < 4.78 is 5.21. The van der Waals surface area contributed by atoms with Crippen molar-refractivity contribution in [1.29, 1.82) is 0 Å². The van der Waals surface area contributed by atoms with E-state index in [9.17, 15) is 0 Å². The van der Waals surface area contributed by atoms with Gasteiger partial charge in [0.15, 0.2) is 0 Å². The summed E-state index contributed by atoms with van der Waals surface area (Å²) in [6.07, 6.45) is 6.05. The van der Waals surface area contributed by atoms with E-state index in [1.807, 2.05) is 18.2 Å². The lowest BCUT2D eigenvalue weighted by Gasteiger charge is -2.19. The molecule has 0 radical (unpaired) electrons. The lowest BCUT2D eigenvalue weighted by atomic mass is 9.98. The average molecular weight is 265 g/mol. The van der Waals surface area contributed by atoms with Gasteiger partial charge in [0.25, 0.3) is 0 Å². The zero-order valence-corrected chi connectivity index (χ0v) is 11.7. The van der Waals surface area contributed by atoms with Crippen LogP contribution in [0, 0.1) is 12.3 Å². The zero-order valence-electron chi connectivity index (χ0n) is 11.7. The van der Waals surface area contributed by atoms with E-state index in [0.29, 0.717) is 0 Å². The number of ether oxygens (including phenoxy) is 1. The summed E-state index contributed by atoms with van der Waals surface area (Å²) in [6.45, 7) is 0.794. The van der Waals surface area contributed by atoms with Crippen LogP contribution in [-0.4, -0.2) is 13.7 Å². The van der Waals surface area contributed by atoms with Crippen LogP contribution in [0.25, 0.3) is 0 Å². The van der Waals surface area contributed by atoms with Crippen LogP contribution < -0.4 is 10.1 Å². The van der Waals surface area contributed by atoms with Crippen LogP contribution in [0.3, 0.4) is 0 Å². The molecule has 1 atom stereocenters. The van der Waals surface area contributed by atoms with Crippen molar-refractivity contribution in [1.82, 2.24) is 5.32 Å². The first-order valence-corrected chi connectivity index (χ1v) is 6.71. The number of terminal acetylenes is 1. The fraction of sp³-hybridized carbons (Fsp3) is 0.222. The number of hydrogen-bond donors (Lipinski definition) is 1. The minimum atomic E-state index is 0.149. The first-order valence-electron chi connectivity index (χ1n) is 6.71. The molecule has 0 aliphatic rings. The zero-order chi connectivity index (χ0) is 14.2. The Morgan fingerprint density at radius 3 is 2.30 bits per heavy atom. The van der Waals surface area contributed by atoms with Crippen LogP contribution in [0.15, 0.2) is 54.6 Å². The summed E-state index contributed by atoms with van der Waals surface area (Å²) >= 11 is 0. The standard InChI is InChI=1S/C18H19NO/c1-3-4-14-19-18(15-8-6-5-7-9-15)16-10-12-17(20-2)13-11-16/h1,5-13,18-19H,4,14H2,2H3. The quantitative estimate of drug-likeness (QED) is 0.638. The van der Waals surface area contributed by atoms with Crippen molar-refractivity contribution >= 4 is 0 Å². The molecule has 0 aromatic heterocycles. The van der Waals surface area contributed by atoms with E-state index in [-0.39, 0.29) is 6.04 Å². The van der Waals surface area contributed by atoms with Gasteiger partial charge in [0, 0.05) is 13.0 Å². The van der Waals surface area contributed by atoms with E-state index in [4.69, 9.17) is 11.2 Å². The van der Waals surface area contributed by atoms with Crippen LogP contribution in [-0.2, 0) is 0 Å². The lowest BCUT2D eigenvalue weighted by molar-refractivity contribution is 0.414. The smallest absolute Gasteiger partial charge is 0.118 e. The van der Waals surface area contributed by atoms with Crippen molar-refractivity contribution < 1.29 is 4.74 Å². The molecule has 20 heavy (non-hydrogen) atoms. The molecule has 0 aliphatic carbocycles. The Morgan fingerprint density at radius 1 is 1.05 bits per heavy atom. The van der Waals surface area contributed by atoms with E-state index in [1.54, 1.807) is 7.11 Å². The van der Waals surface area contributed by atoms with Crippen molar-refractivity contribution in [3.05, 3.63) is 65.7 Å². The summed E-state index contributed by atoms with van der Waals surface area (Å²) in [5.41, 5.74) is 2.43. The SMILES string of the molecule is C#CCCNC(c1ccccc1)c1ccc(OC)cc1. The molecular formula is C18H19NO. The van der Waals surface area contributed by atoms with Crippen molar-refractivity contribution in [2.24, 2.45) is 0 Å². The van der Waals surface area contributed by atoms with Gasteiger partial charge in [0.2, 0.25) is 0 Å². The molecule has 1 N–H and O–H groups in total. The summed E-state index contributed by atoms with van der Waals surface area (Å²) in [5, 5.41) is 3.51. The predicted octanol–water partition coefficient (Wildman–Crippen LogP) is 3.40. The molecule has 2 aromatic carbocycles. The van der Waals surface area contributed by atoms with Crippen molar-refractivity contribution in [2.75, 3.05) is 13.7 Å². The molecule has 0 amide bonds. The largest absolute Gasteiger partial charge is 0.497 e. The first-order chi connectivity index (χ1) is 9.85. The normalized spacial score (nSPS) is 11.6. The van der Waals surface area contributed by atoms with E-state index in [0.717, 1.165) is 18.7 Å². The number of nitrogens with one attached hydrogen (secondary N) is 1. The molecule has 2 heteroatoms. The molecule has 2 aromatic rings. The maximum Gasteiger partial charge on any atom is 0.118 e. The third-order valence-electron chi connectivity index (χ3n) is 3.20. The van der Waals surface area contributed by atoms with Crippen LogP contribution in [0.4, 0.5) is 0 Å². The van der Waals surface area contributed by atoms with Gasteiger partial charge in [-0.1, -0.05) is 42.5 Å². The van der Waals surface area contributed by atoms with Gasteiger partial charge in [0.05, 0.1) is 13.2 Å². The van der Waals surface area contributed by atoms with Crippen molar-refractivity contribution in [2.45, 2.75) is 12.5 Å². The summed E-state index contributed by atoms with van der Waals surface area (Å²) in [5.74, 6) is 3.53. The van der Waals surface area contributed by atoms with Gasteiger partial charge in [0.1, 0.15) is 5.75 Å². The second-order valence-corrected chi connectivity index (χ2v) is 4.53. The molecule has 2 rings (SSSR count). The third-order valence-corrected chi connectivity index (χ3v) is 3.20. The van der Waals surface area contributed by atoms with Gasteiger partial charge in [-0.25, -0.2) is 0 Å². The monoisotopic (exact) mass is 265 g/mol. The molecular weight excluding hydrogens is 246 g/mol. The van der Waals surface area contributed by atoms with E-state index in [1.165, 1.54) is 11.1 Å². The van der Waals surface area contributed by atoms with Gasteiger partial charge >= 0.3 is 0 Å². The van der Waals surface area contributed by atoms with Crippen LogP contribution in [0.5, 0.6) is 5.75 Å². The highest BCUT2D eigenvalue weighted by Gasteiger charge is 2.12. The molecule has 0 heterocycles. The Morgan fingerprint density at radius 2 is 1.70 bits per heavy atom. The molecule has 0 aliphatic heterocycles. The van der Waals surface area contributed by atoms with Gasteiger partial charge in [-0.15, -0.1) is 12.3 Å². The Bertz CT molecular complexity index is 554. The maximum atomic E-state index is 5.32. The molecule has 0 bridgehead atoms. The van der Waals surface area contributed by atoms with E-state index in [2.05, 4.69) is 47.6 Å². The number of hydrogen-bond acceptors (Lipinski definition) is 2. The number of benzene rings is 2. The molecule has 2 nitrogen and oxygen atoms in total. The van der Waals surface area contributed by atoms with Gasteiger partial charge in [-0.2, -0.15) is 0 Å². The number of rotatable bonds is 6. The van der Waals surface area contributed by atoms with E-state index >= 15 is 0 Å². The van der Waals surface area contributed by atoms with Crippen molar-refractivity contribution in [3.63, 3.8) is 0 Å². The first kappa shape index (κ1) is 14.2. The molecule has 1 unspecified atom stereocenters. The van der Waals surface area contributed by atoms with Gasteiger partial charge in [-0.3, -0.25) is 0 Å². The minimum absolute atomic E-state index is 0.149. The van der Waals surface area contributed by atoms with Crippen LogP contribution in [0.2, 0.25) is 0 Å². The second-order valence-electron chi connectivity index (χ2n) is 4.53. The maximum absolute atomic E-state index is 5.32. The second kappa shape index (κ2) is 7.37. The number of methoxy groups -OCH3 is 1. The minimum Gasteiger partial charge on any atom is -0.497 e. The van der Waals surface area contributed by atoms with Gasteiger partial charge in [-0.05, 0) is 23.3 Å². The molecule has 102 valence electrons. The summed E-state index contributed by atoms with van der Waals surface area (Å²) in [6, 6.07) is 18.6. The fourth-order valence-electron chi connectivity index (χ4n) is 2.16. The Kier molecular flexibility index (Phi) is 5.23. The van der Waals surface area contributed by atoms with Crippen LogP contribution in [0.1, 0.15) is 23.6 Å². The molecule has 0 spiro atoms. The molecule has 0 fully saturated rings.